The number of aryl methyl sites for hydroxylation is 1. The Kier molecular flexibility index (Phi) is 5.12. The van der Waals surface area contributed by atoms with Crippen molar-refractivity contribution in [3.63, 3.8) is 0 Å². The van der Waals surface area contributed by atoms with Crippen LogP contribution in [0.1, 0.15) is 5.82 Å². The maximum atomic E-state index is 12.7. The first kappa shape index (κ1) is 17.9. The number of benzene rings is 1. The molecule has 0 radical (unpaired) electrons. The Bertz CT molecular complexity index is 850. The minimum absolute atomic E-state index is 0.255. The summed E-state index contributed by atoms with van der Waals surface area (Å²) < 4.78 is 32.1. The normalized spacial score (nSPS) is 16.0. The summed E-state index contributed by atoms with van der Waals surface area (Å²) in [6.07, 6.45) is 0. The number of halogens is 1. The molecule has 134 valence electrons. The van der Waals surface area contributed by atoms with Crippen LogP contribution in [0.15, 0.2) is 35.2 Å². The number of aromatic nitrogens is 2. The zero-order valence-corrected chi connectivity index (χ0v) is 15.6. The minimum atomic E-state index is -3.51. The van der Waals surface area contributed by atoms with Gasteiger partial charge in [0, 0.05) is 37.3 Å². The van der Waals surface area contributed by atoms with Gasteiger partial charge in [0.25, 0.3) is 0 Å². The van der Waals surface area contributed by atoms with Crippen LogP contribution in [-0.2, 0) is 10.0 Å². The average Bonchev–Trinajstić information content (AvgIpc) is 2.61. The van der Waals surface area contributed by atoms with Crippen LogP contribution >= 0.6 is 11.6 Å². The SMILES string of the molecule is COc1cc(N2CCN(S(=O)(=O)c3ccc(Cl)cc3)CC2)nc(C)n1. The van der Waals surface area contributed by atoms with Gasteiger partial charge in [-0.05, 0) is 31.2 Å². The van der Waals surface area contributed by atoms with E-state index in [1.165, 1.54) is 16.4 Å². The minimum Gasteiger partial charge on any atom is -0.481 e. The third-order valence-electron chi connectivity index (χ3n) is 4.02. The van der Waals surface area contributed by atoms with Crippen molar-refractivity contribution in [1.29, 1.82) is 0 Å². The largest absolute Gasteiger partial charge is 0.481 e. The molecule has 1 aromatic heterocycles. The molecule has 7 nitrogen and oxygen atoms in total. The first-order valence-electron chi connectivity index (χ1n) is 7.80. The van der Waals surface area contributed by atoms with E-state index in [0.717, 1.165) is 5.82 Å². The van der Waals surface area contributed by atoms with E-state index in [1.54, 1.807) is 32.2 Å². The number of hydrogen-bond acceptors (Lipinski definition) is 6. The molecule has 0 saturated carbocycles. The molecule has 0 bridgehead atoms. The topological polar surface area (TPSA) is 75.6 Å². The van der Waals surface area contributed by atoms with Crippen LogP contribution in [-0.4, -0.2) is 56.0 Å². The zero-order chi connectivity index (χ0) is 18.0. The highest BCUT2D eigenvalue weighted by Crippen LogP contribution is 2.23. The van der Waals surface area contributed by atoms with E-state index in [-0.39, 0.29) is 4.90 Å². The highest BCUT2D eigenvalue weighted by atomic mass is 35.5. The van der Waals surface area contributed by atoms with Gasteiger partial charge in [-0.25, -0.2) is 13.4 Å². The van der Waals surface area contributed by atoms with Gasteiger partial charge in [0.2, 0.25) is 15.9 Å². The Balaban J connectivity index is 1.73. The molecule has 0 N–H and O–H groups in total. The predicted octanol–water partition coefficient (Wildman–Crippen LogP) is 1.96. The molecule has 1 aliphatic rings. The van der Waals surface area contributed by atoms with Gasteiger partial charge >= 0.3 is 0 Å². The number of methoxy groups -OCH3 is 1. The van der Waals surface area contributed by atoms with Crippen molar-refractivity contribution in [3.05, 3.63) is 41.2 Å². The van der Waals surface area contributed by atoms with Gasteiger partial charge in [-0.15, -0.1) is 0 Å². The Hall–Kier alpha value is -1.90. The van der Waals surface area contributed by atoms with Gasteiger partial charge in [-0.2, -0.15) is 9.29 Å². The molecule has 2 heterocycles. The maximum Gasteiger partial charge on any atom is 0.243 e. The Morgan fingerprint density at radius 2 is 1.72 bits per heavy atom. The van der Waals surface area contributed by atoms with Crippen molar-refractivity contribution in [3.8, 4) is 5.88 Å². The molecule has 1 saturated heterocycles. The maximum absolute atomic E-state index is 12.7. The fraction of sp³-hybridized carbons (Fsp3) is 0.375. The summed E-state index contributed by atoms with van der Waals surface area (Å²) in [6, 6.07) is 7.99. The molecule has 3 rings (SSSR count). The van der Waals surface area contributed by atoms with E-state index < -0.39 is 10.0 Å². The number of sulfonamides is 1. The van der Waals surface area contributed by atoms with Crippen LogP contribution in [0, 0.1) is 6.92 Å². The third-order valence-corrected chi connectivity index (χ3v) is 6.19. The highest BCUT2D eigenvalue weighted by molar-refractivity contribution is 7.89. The van der Waals surface area contributed by atoms with Crippen LogP contribution in [0.4, 0.5) is 5.82 Å². The number of hydrogen-bond donors (Lipinski definition) is 0. The van der Waals surface area contributed by atoms with Gasteiger partial charge in [0.15, 0.2) is 0 Å². The van der Waals surface area contributed by atoms with Gasteiger partial charge in [0.1, 0.15) is 11.6 Å². The summed E-state index contributed by atoms with van der Waals surface area (Å²) in [5.74, 6) is 1.86. The van der Waals surface area contributed by atoms with Crippen LogP contribution in [0.3, 0.4) is 0 Å². The quantitative estimate of drug-likeness (QED) is 0.804. The molecular formula is C16H19ClN4O3S. The molecule has 25 heavy (non-hydrogen) atoms. The van der Waals surface area contributed by atoms with Crippen LogP contribution < -0.4 is 9.64 Å². The number of anilines is 1. The lowest BCUT2D eigenvalue weighted by Crippen LogP contribution is -2.49. The first-order chi connectivity index (χ1) is 11.9. The summed E-state index contributed by atoms with van der Waals surface area (Å²) in [4.78, 5) is 10.9. The van der Waals surface area contributed by atoms with E-state index in [9.17, 15) is 8.42 Å². The third kappa shape index (κ3) is 3.86. The fourth-order valence-electron chi connectivity index (χ4n) is 2.71. The Labute approximate surface area is 152 Å². The molecule has 0 amide bonds. The Morgan fingerprint density at radius 1 is 1.08 bits per heavy atom. The highest BCUT2D eigenvalue weighted by Gasteiger charge is 2.29. The lowest BCUT2D eigenvalue weighted by atomic mass is 10.3. The molecule has 9 heteroatoms. The second kappa shape index (κ2) is 7.15. The van der Waals surface area contributed by atoms with Gasteiger partial charge in [-0.3, -0.25) is 0 Å². The van der Waals surface area contributed by atoms with Crippen LogP contribution in [0.25, 0.3) is 0 Å². The van der Waals surface area contributed by atoms with E-state index in [1.807, 2.05) is 4.90 Å². The van der Waals surface area contributed by atoms with Crippen molar-refractivity contribution in [2.24, 2.45) is 0 Å². The lowest BCUT2D eigenvalue weighted by molar-refractivity contribution is 0.380. The summed E-state index contributed by atoms with van der Waals surface area (Å²) in [5, 5.41) is 0.511. The summed E-state index contributed by atoms with van der Waals surface area (Å²) >= 11 is 5.83. The standard InChI is InChI=1S/C16H19ClN4O3S/c1-12-18-15(11-16(19-12)24-2)20-7-9-21(10-8-20)25(22,23)14-5-3-13(17)4-6-14/h3-6,11H,7-10H2,1-2H3. The van der Waals surface area contributed by atoms with E-state index in [2.05, 4.69) is 9.97 Å². The molecule has 2 aromatic rings. The fourth-order valence-corrected chi connectivity index (χ4v) is 4.25. The molecule has 1 aliphatic heterocycles. The van der Waals surface area contributed by atoms with Gasteiger partial charge in [0.05, 0.1) is 12.0 Å². The van der Waals surface area contributed by atoms with Crippen molar-refractivity contribution in [2.45, 2.75) is 11.8 Å². The smallest absolute Gasteiger partial charge is 0.243 e. The first-order valence-corrected chi connectivity index (χ1v) is 9.62. The summed E-state index contributed by atoms with van der Waals surface area (Å²) in [7, 11) is -1.96. The van der Waals surface area contributed by atoms with E-state index in [0.29, 0.717) is 42.9 Å². The van der Waals surface area contributed by atoms with Crippen molar-refractivity contribution < 1.29 is 13.2 Å². The predicted molar refractivity (Wildman–Crippen MR) is 95.7 cm³/mol. The number of nitrogens with zero attached hydrogens (tertiary/aromatic N) is 4. The molecule has 1 fully saturated rings. The molecular weight excluding hydrogens is 364 g/mol. The molecule has 0 spiro atoms. The van der Waals surface area contributed by atoms with Gasteiger partial charge < -0.3 is 9.64 Å². The number of rotatable bonds is 4. The molecule has 0 atom stereocenters. The molecule has 1 aromatic carbocycles. The second-order valence-corrected chi connectivity index (χ2v) is 8.04. The number of piperazine rings is 1. The van der Waals surface area contributed by atoms with Crippen LogP contribution in [0.2, 0.25) is 5.02 Å². The zero-order valence-electron chi connectivity index (χ0n) is 14.0. The summed E-state index contributed by atoms with van der Waals surface area (Å²) in [5.41, 5.74) is 0. The Morgan fingerprint density at radius 3 is 2.32 bits per heavy atom. The second-order valence-electron chi connectivity index (χ2n) is 5.66. The van der Waals surface area contributed by atoms with Crippen LogP contribution in [0.5, 0.6) is 5.88 Å². The number of ether oxygens (including phenoxy) is 1. The monoisotopic (exact) mass is 382 g/mol. The molecule has 0 aliphatic carbocycles. The van der Waals surface area contributed by atoms with Crippen molar-refractivity contribution in [2.75, 3.05) is 38.2 Å². The van der Waals surface area contributed by atoms with E-state index >= 15 is 0 Å². The van der Waals surface area contributed by atoms with Gasteiger partial charge in [-0.1, -0.05) is 11.6 Å². The summed E-state index contributed by atoms with van der Waals surface area (Å²) in [6.45, 7) is 3.67. The average molecular weight is 383 g/mol. The lowest BCUT2D eigenvalue weighted by Gasteiger charge is -2.34. The van der Waals surface area contributed by atoms with Crippen molar-refractivity contribution >= 4 is 27.4 Å². The van der Waals surface area contributed by atoms with Crippen molar-refractivity contribution in [1.82, 2.24) is 14.3 Å². The van der Waals surface area contributed by atoms with E-state index in [4.69, 9.17) is 16.3 Å². The molecule has 0 unspecified atom stereocenters.